The highest BCUT2D eigenvalue weighted by Crippen LogP contribution is 2.31. The minimum Gasteiger partial charge on any atom is -0.436 e. The van der Waals surface area contributed by atoms with E-state index >= 15 is 0 Å². The van der Waals surface area contributed by atoms with Crippen molar-refractivity contribution in [3.63, 3.8) is 0 Å². The SMILES string of the molecule is CN(C(=O)c1ccc(-c2nc3ccccc3o2)cc1)[C@@H]1CC[C@H](C(=O)N[C@H]2C[C@H](O)C2)C1. The first kappa shape index (κ1) is 20.7. The van der Waals surface area contributed by atoms with Gasteiger partial charge < -0.3 is 19.7 Å². The lowest BCUT2D eigenvalue weighted by molar-refractivity contribution is -0.127. The third-order valence-electron chi connectivity index (χ3n) is 6.78. The van der Waals surface area contributed by atoms with Crippen LogP contribution in [0.15, 0.2) is 52.9 Å². The number of carbonyl (C=O) groups is 2. The molecule has 0 unspecified atom stereocenters. The molecule has 0 spiro atoms. The molecule has 2 fully saturated rings. The third-order valence-corrected chi connectivity index (χ3v) is 6.78. The van der Waals surface area contributed by atoms with Crippen LogP contribution in [0.3, 0.4) is 0 Å². The topological polar surface area (TPSA) is 95.7 Å². The molecule has 2 atom stereocenters. The minimum atomic E-state index is -0.283. The summed E-state index contributed by atoms with van der Waals surface area (Å²) >= 11 is 0. The van der Waals surface area contributed by atoms with Crippen LogP contribution in [0.25, 0.3) is 22.6 Å². The van der Waals surface area contributed by atoms with Crippen LogP contribution in [0.1, 0.15) is 42.5 Å². The van der Waals surface area contributed by atoms with Crippen molar-refractivity contribution >= 4 is 22.9 Å². The number of para-hydroxylation sites is 2. The van der Waals surface area contributed by atoms with Gasteiger partial charge in [-0.05, 0) is 68.5 Å². The van der Waals surface area contributed by atoms with E-state index in [0.717, 1.165) is 29.5 Å². The summed E-state index contributed by atoms with van der Waals surface area (Å²) in [5, 5.41) is 12.4. The number of aliphatic hydroxyl groups is 1. The lowest BCUT2D eigenvalue weighted by Gasteiger charge is -2.32. The lowest BCUT2D eigenvalue weighted by atomic mass is 9.89. The predicted octanol–water partition coefficient (Wildman–Crippen LogP) is 3.38. The molecule has 2 aliphatic carbocycles. The molecule has 3 aromatic rings. The van der Waals surface area contributed by atoms with E-state index in [1.807, 2.05) is 43.4 Å². The van der Waals surface area contributed by atoms with Gasteiger partial charge in [-0.25, -0.2) is 4.98 Å². The van der Waals surface area contributed by atoms with Gasteiger partial charge in [0, 0.05) is 36.2 Å². The van der Waals surface area contributed by atoms with Crippen LogP contribution in [0, 0.1) is 5.92 Å². The van der Waals surface area contributed by atoms with Gasteiger partial charge in [-0.2, -0.15) is 0 Å². The number of rotatable bonds is 5. The number of fused-ring (bicyclic) bond motifs is 1. The second kappa shape index (κ2) is 8.39. The van der Waals surface area contributed by atoms with Crippen molar-refractivity contribution in [1.82, 2.24) is 15.2 Å². The summed E-state index contributed by atoms with van der Waals surface area (Å²) in [6, 6.07) is 15.0. The lowest BCUT2D eigenvalue weighted by Crippen LogP contribution is -2.48. The third kappa shape index (κ3) is 4.00. The molecule has 32 heavy (non-hydrogen) atoms. The van der Waals surface area contributed by atoms with Gasteiger partial charge in [0.1, 0.15) is 5.52 Å². The van der Waals surface area contributed by atoms with Crippen molar-refractivity contribution in [2.45, 2.75) is 50.3 Å². The van der Waals surface area contributed by atoms with E-state index in [-0.39, 0.29) is 35.9 Å². The molecule has 0 saturated heterocycles. The number of hydrogen-bond donors (Lipinski definition) is 2. The molecule has 0 aliphatic heterocycles. The van der Waals surface area contributed by atoms with Gasteiger partial charge >= 0.3 is 0 Å². The summed E-state index contributed by atoms with van der Waals surface area (Å²) in [5.74, 6) is 0.451. The molecule has 2 saturated carbocycles. The molecule has 166 valence electrons. The maximum atomic E-state index is 13.0. The average molecular weight is 434 g/mol. The highest BCUT2D eigenvalue weighted by molar-refractivity contribution is 5.95. The van der Waals surface area contributed by atoms with E-state index in [0.29, 0.717) is 30.7 Å². The molecule has 2 aromatic carbocycles. The second-order valence-corrected chi connectivity index (χ2v) is 8.97. The fourth-order valence-corrected chi connectivity index (χ4v) is 4.69. The Labute approximate surface area is 186 Å². The van der Waals surface area contributed by atoms with E-state index in [4.69, 9.17) is 4.42 Å². The van der Waals surface area contributed by atoms with Gasteiger partial charge in [0.2, 0.25) is 11.8 Å². The zero-order chi connectivity index (χ0) is 22.2. The normalized spacial score (nSPS) is 24.8. The van der Waals surface area contributed by atoms with Gasteiger partial charge in [-0.1, -0.05) is 12.1 Å². The number of aliphatic hydroxyl groups excluding tert-OH is 1. The van der Waals surface area contributed by atoms with Crippen LogP contribution < -0.4 is 5.32 Å². The quantitative estimate of drug-likeness (QED) is 0.643. The molecule has 0 radical (unpaired) electrons. The smallest absolute Gasteiger partial charge is 0.253 e. The van der Waals surface area contributed by atoms with Crippen molar-refractivity contribution in [2.24, 2.45) is 5.92 Å². The zero-order valence-electron chi connectivity index (χ0n) is 18.0. The molecule has 5 rings (SSSR count). The first-order valence-electron chi connectivity index (χ1n) is 11.2. The molecule has 7 nitrogen and oxygen atoms in total. The Kier molecular flexibility index (Phi) is 5.43. The van der Waals surface area contributed by atoms with E-state index < -0.39 is 0 Å². The number of benzene rings is 2. The predicted molar refractivity (Wildman–Crippen MR) is 120 cm³/mol. The van der Waals surface area contributed by atoms with E-state index in [9.17, 15) is 14.7 Å². The monoisotopic (exact) mass is 433 g/mol. The van der Waals surface area contributed by atoms with Crippen LogP contribution in [-0.4, -0.2) is 52.0 Å². The summed E-state index contributed by atoms with van der Waals surface area (Å²) in [7, 11) is 1.81. The van der Waals surface area contributed by atoms with Gasteiger partial charge in [-0.15, -0.1) is 0 Å². The maximum Gasteiger partial charge on any atom is 0.253 e. The number of carbonyl (C=O) groups excluding carboxylic acids is 2. The summed E-state index contributed by atoms with van der Waals surface area (Å²) in [6.07, 6.45) is 3.26. The van der Waals surface area contributed by atoms with Gasteiger partial charge in [0.25, 0.3) is 5.91 Å². The summed E-state index contributed by atoms with van der Waals surface area (Å²) in [6.45, 7) is 0. The van der Waals surface area contributed by atoms with Gasteiger partial charge in [0.05, 0.1) is 6.10 Å². The summed E-state index contributed by atoms with van der Waals surface area (Å²) in [4.78, 5) is 31.8. The Morgan fingerprint density at radius 1 is 1.06 bits per heavy atom. The highest BCUT2D eigenvalue weighted by Gasteiger charge is 2.36. The van der Waals surface area contributed by atoms with E-state index in [1.54, 1.807) is 17.0 Å². The van der Waals surface area contributed by atoms with Crippen LogP contribution in [0.5, 0.6) is 0 Å². The fourth-order valence-electron chi connectivity index (χ4n) is 4.69. The number of nitrogens with one attached hydrogen (secondary N) is 1. The van der Waals surface area contributed by atoms with Crippen molar-refractivity contribution in [3.8, 4) is 11.5 Å². The van der Waals surface area contributed by atoms with Crippen LogP contribution in [0.2, 0.25) is 0 Å². The Balaban J connectivity index is 1.21. The molecular formula is C25H27N3O4. The molecular weight excluding hydrogens is 406 g/mol. The molecule has 2 aliphatic rings. The fraction of sp³-hybridized carbons (Fsp3) is 0.400. The highest BCUT2D eigenvalue weighted by atomic mass is 16.3. The summed E-state index contributed by atoms with van der Waals surface area (Å²) in [5.41, 5.74) is 2.95. The average Bonchev–Trinajstić information content (AvgIpc) is 3.44. The Bertz CT molecular complexity index is 1100. The van der Waals surface area contributed by atoms with Gasteiger partial charge in [-0.3, -0.25) is 9.59 Å². The minimum absolute atomic E-state index is 0.0435. The van der Waals surface area contributed by atoms with Crippen molar-refractivity contribution < 1.29 is 19.1 Å². The Hall–Kier alpha value is -3.19. The molecule has 7 heteroatoms. The first-order chi connectivity index (χ1) is 15.5. The molecule has 0 bridgehead atoms. The van der Waals surface area contributed by atoms with Crippen LogP contribution in [0.4, 0.5) is 0 Å². The molecule has 1 heterocycles. The standard InChI is InChI=1S/C25H27N3O4/c1-28(19-11-10-17(12-19)23(30)26-18-13-20(29)14-18)25(31)16-8-6-15(7-9-16)24-27-21-4-2-3-5-22(21)32-24/h2-9,17-20,29H,10-14H2,1H3,(H,26,30)/t17-,18-,19+,20-/m0/s1. The maximum absolute atomic E-state index is 13.0. The number of oxazole rings is 1. The zero-order valence-corrected chi connectivity index (χ0v) is 18.0. The molecule has 1 aromatic heterocycles. The number of nitrogens with zero attached hydrogens (tertiary/aromatic N) is 2. The van der Waals surface area contributed by atoms with Crippen molar-refractivity contribution in [2.75, 3.05) is 7.05 Å². The van der Waals surface area contributed by atoms with Crippen molar-refractivity contribution in [3.05, 3.63) is 54.1 Å². The second-order valence-electron chi connectivity index (χ2n) is 8.97. The van der Waals surface area contributed by atoms with E-state index in [1.165, 1.54) is 0 Å². The van der Waals surface area contributed by atoms with Gasteiger partial charge in [0.15, 0.2) is 5.58 Å². The van der Waals surface area contributed by atoms with Crippen LogP contribution in [-0.2, 0) is 4.79 Å². The van der Waals surface area contributed by atoms with Crippen molar-refractivity contribution in [1.29, 1.82) is 0 Å². The van der Waals surface area contributed by atoms with Crippen LogP contribution >= 0.6 is 0 Å². The van der Waals surface area contributed by atoms with E-state index in [2.05, 4.69) is 10.3 Å². The largest absolute Gasteiger partial charge is 0.436 e. The number of hydrogen-bond acceptors (Lipinski definition) is 5. The molecule has 2 N–H and O–H groups in total. The Morgan fingerprint density at radius 3 is 2.53 bits per heavy atom. The summed E-state index contributed by atoms with van der Waals surface area (Å²) < 4.78 is 5.80. The first-order valence-corrected chi connectivity index (χ1v) is 11.2. The molecule has 2 amide bonds. The Morgan fingerprint density at radius 2 is 1.81 bits per heavy atom. The number of aromatic nitrogens is 1. The number of amides is 2.